The molecule has 3 heterocycles. The lowest BCUT2D eigenvalue weighted by atomic mass is 10.1. The topological polar surface area (TPSA) is 62.5 Å². The molecule has 2 aromatic heterocycles. The molecule has 5 rings (SSSR count). The molecule has 6 heteroatoms. The third-order valence-electron chi connectivity index (χ3n) is 5.48. The molecule has 154 valence electrons. The van der Waals surface area contributed by atoms with E-state index in [0.717, 1.165) is 24.2 Å². The molecule has 0 radical (unpaired) electrons. The van der Waals surface area contributed by atoms with E-state index in [1.54, 1.807) is 12.4 Å². The van der Waals surface area contributed by atoms with Crippen molar-refractivity contribution in [1.29, 1.82) is 0 Å². The highest BCUT2D eigenvalue weighted by Gasteiger charge is 2.29. The Hall–Kier alpha value is -3.93. The normalized spacial score (nSPS) is 13.9. The number of nitrogens with zero attached hydrogens (tertiary/aromatic N) is 4. The van der Waals surface area contributed by atoms with E-state index >= 15 is 0 Å². The van der Waals surface area contributed by atoms with Crippen molar-refractivity contribution in [2.45, 2.75) is 0 Å². The van der Waals surface area contributed by atoms with E-state index in [1.165, 1.54) is 5.69 Å². The second-order valence-corrected chi connectivity index (χ2v) is 7.41. The van der Waals surface area contributed by atoms with Crippen LogP contribution in [0, 0.1) is 0 Å². The van der Waals surface area contributed by atoms with Gasteiger partial charge in [0.2, 0.25) is 5.89 Å². The van der Waals surface area contributed by atoms with Gasteiger partial charge < -0.3 is 14.2 Å². The number of carbonyl (C=O) groups excluding carboxylic acids is 1. The number of rotatable bonds is 4. The summed E-state index contributed by atoms with van der Waals surface area (Å²) in [6, 6.07) is 23.6. The van der Waals surface area contributed by atoms with Crippen LogP contribution in [0.3, 0.4) is 0 Å². The van der Waals surface area contributed by atoms with Crippen LogP contribution in [0.25, 0.3) is 22.8 Å². The molecule has 31 heavy (non-hydrogen) atoms. The van der Waals surface area contributed by atoms with E-state index in [2.05, 4.69) is 27.0 Å². The molecule has 1 amide bonds. The molecule has 1 aliphatic rings. The Bertz CT molecular complexity index is 1150. The molecular weight excluding hydrogens is 388 g/mol. The minimum Gasteiger partial charge on any atom is -0.435 e. The Morgan fingerprint density at radius 3 is 2.10 bits per heavy atom. The van der Waals surface area contributed by atoms with E-state index in [9.17, 15) is 4.79 Å². The first kappa shape index (κ1) is 19.1. The summed E-state index contributed by atoms with van der Waals surface area (Å²) < 4.78 is 6.09. The highest BCUT2D eigenvalue weighted by Crippen LogP contribution is 2.30. The van der Waals surface area contributed by atoms with Crippen molar-refractivity contribution in [3.05, 3.63) is 90.9 Å². The van der Waals surface area contributed by atoms with Crippen LogP contribution in [0.5, 0.6) is 0 Å². The Kier molecular flexibility index (Phi) is 5.19. The van der Waals surface area contributed by atoms with E-state index in [1.807, 2.05) is 65.6 Å². The van der Waals surface area contributed by atoms with E-state index < -0.39 is 0 Å². The number of amides is 1. The van der Waals surface area contributed by atoms with E-state index in [0.29, 0.717) is 30.4 Å². The third kappa shape index (κ3) is 3.92. The molecular formula is C25H22N4O2. The summed E-state index contributed by atoms with van der Waals surface area (Å²) in [6.45, 7) is 2.83. The molecule has 6 nitrogen and oxygen atoms in total. The van der Waals surface area contributed by atoms with Crippen molar-refractivity contribution in [3.63, 3.8) is 0 Å². The molecule has 0 bridgehead atoms. The van der Waals surface area contributed by atoms with Crippen LogP contribution in [-0.4, -0.2) is 47.0 Å². The number of piperazine rings is 1. The number of carbonyl (C=O) groups is 1. The van der Waals surface area contributed by atoms with Gasteiger partial charge in [-0.15, -0.1) is 0 Å². The fourth-order valence-electron chi connectivity index (χ4n) is 3.82. The van der Waals surface area contributed by atoms with Gasteiger partial charge in [0.25, 0.3) is 5.91 Å². The van der Waals surface area contributed by atoms with Crippen molar-refractivity contribution in [2.24, 2.45) is 0 Å². The maximum absolute atomic E-state index is 13.5. The first-order chi connectivity index (χ1) is 15.3. The molecule has 0 aliphatic carbocycles. The number of para-hydroxylation sites is 1. The highest BCUT2D eigenvalue weighted by molar-refractivity contribution is 5.98. The van der Waals surface area contributed by atoms with Crippen molar-refractivity contribution >= 4 is 11.6 Å². The van der Waals surface area contributed by atoms with Gasteiger partial charge in [-0.25, -0.2) is 4.98 Å². The predicted octanol–water partition coefficient (Wildman–Crippen LogP) is 4.37. The lowest BCUT2D eigenvalue weighted by Crippen LogP contribution is -2.49. The summed E-state index contributed by atoms with van der Waals surface area (Å²) in [4.78, 5) is 26.3. The molecule has 0 unspecified atom stereocenters. The minimum absolute atomic E-state index is 0.106. The van der Waals surface area contributed by atoms with Gasteiger partial charge >= 0.3 is 0 Å². The van der Waals surface area contributed by atoms with Gasteiger partial charge in [-0.3, -0.25) is 9.78 Å². The standard InChI is InChI=1S/C25H22N4O2/c30-25(29-17-15-28(16-18-29)21-9-5-2-6-10-21)22-23(19-11-13-26-14-12-19)31-24(27-22)20-7-3-1-4-8-20/h1-14H,15-18H2. The number of anilines is 1. The molecule has 0 atom stereocenters. The number of pyridine rings is 1. The molecule has 0 N–H and O–H groups in total. The van der Waals surface area contributed by atoms with Crippen LogP contribution < -0.4 is 4.90 Å². The molecule has 4 aromatic rings. The van der Waals surface area contributed by atoms with Crippen LogP contribution >= 0.6 is 0 Å². The van der Waals surface area contributed by atoms with E-state index in [-0.39, 0.29) is 5.91 Å². The van der Waals surface area contributed by atoms with Crippen molar-refractivity contribution in [3.8, 4) is 22.8 Å². The number of oxazole rings is 1. The van der Waals surface area contributed by atoms with Crippen molar-refractivity contribution in [2.75, 3.05) is 31.1 Å². The second-order valence-electron chi connectivity index (χ2n) is 7.41. The van der Waals surface area contributed by atoms with Crippen LogP contribution in [-0.2, 0) is 0 Å². The maximum atomic E-state index is 13.5. The van der Waals surface area contributed by atoms with Crippen molar-refractivity contribution in [1.82, 2.24) is 14.9 Å². The number of aromatic nitrogens is 2. The number of benzene rings is 2. The monoisotopic (exact) mass is 410 g/mol. The number of hydrogen-bond acceptors (Lipinski definition) is 5. The molecule has 1 fully saturated rings. The zero-order valence-corrected chi connectivity index (χ0v) is 17.0. The first-order valence-electron chi connectivity index (χ1n) is 10.4. The predicted molar refractivity (Wildman–Crippen MR) is 120 cm³/mol. The fraction of sp³-hybridized carbons (Fsp3) is 0.160. The Morgan fingerprint density at radius 2 is 1.42 bits per heavy atom. The summed E-state index contributed by atoms with van der Waals surface area (Å²) in [5, 5.41) is 0. The summed E-state index contributed by atoms with van der Waals surface area (Å²) in [5.74, 6) is 0.820. The quantitative estimate of drug-likeness (QED) is 0.500. The Balaban J connectivity index is 1.42. The average molecular weight is 410 g/mol. The van der Waals surface area contributed by atoms with Gasteiger partial charge in [0.15, 0.2) is 11.5 Å². The largest absolute Gasteiger partial charge is 0.435 e. The summed E-state index contributed by atoms with van der Waals surface area (Å²) in [6.07, 6.45) is 3.37. The molecule has 2 aromatic carbocycles. The average Bonchev–Trinajstić information content (AvgIpc) is 3.31. The molecule has 1 aliphatic heterocycles. The highest BCUT2D eigenvalue weighted by atomic mass is 16.4. The van der Waals surface area contributed by atoms with Crippen LogP contribution in [0.2, 0.25) is 0 Å². The summed E-state index contributed by atoms with van der Waals surface area (Å²) in [5.41, 5.74) is 3.15. The minimum atomic E-state index is -0.106. The zero-order chi connectivity index (χ0) is 21.0. The van der Waals surface area contributed by atoms with Gasteiger partial charge in [-0.05, 0) is 36.4 Å². The van der Waals surface area contributed by atoms with Crippen LogP contribution in [0.1, 0.15) is 10.5 Å². The van der Waals surface area contributed by atoms with Gasteiger partial charge in [0.1, 0.15) is 0 Å². The molecule has 1 saturated heterocycles. The second kappa shape index (κ2) is 8.44. The Morgan fingerprint density at radius 1 is 0.774 bits per heavy atom. The number of hydrogen-bond donors (Lipinski definition) is 0. The lowest BCUT2D eigenvalue weighted by molar-refractivity contribution is 0.0742. The smallest absolute Gasteiger partial charge is 0.276 e. The lowest BCUT2D eigenvalue weighted by Gasteiger charge is -2.35. The molecule has 0 spiro atoms. The molecule has 0 saturated carbocycles. The SMILES string of the molecule is O=C(c1nc(-c2ccccc2)oc1-c1ccncc1)N1CCN(c2ccccc2)CC1. The first-order valence-corrected chi connectivity index (χ1v) is 10.4. The summed E-state index contributed by atoms with van der Waals surface area (Å²) >= 11 is 0. The van der Waals surface area contributed by atoms with Crippen molar-refractivity contribution < 1.29 is 9.21 Å². The summed E-state index contributed by atoms with van der Waals surface area (Å²) in [7, 11) is 0. The van der Waals surface area contributed by atoms with Crippen LogP contribution in [0.15, 0.2) is 89.6 Å². The van der Waals surface area contributed by atoms with Gasteiger partial charge in [0.05, 0.1) is 0 Å². The van der Waals surface area contributed by atoms with Crippen LogP contribution in [0.4, 0.5) is 5.69 Å². The Labute approximate surface area is 180 Å². The van der Waals surface area contributed by atoms with E-state index in [4.69, 9.17) is 4.42 Å². The third-order valence-corrected chi connectivity index (χ3v) is 5.48. The van der Waals surface area contributed by atoms with Gasteiger partial charge in [0, 0.05) is 55.4 Å². The zero-order valence-electron chi connectivity index (χ0n) is 17.0. The van der Waals surface area contributed by atoms with Gasteiger partial charge in [-0.2, -0.15) is 0 Å². The fourth-order valence-corrected chi connectivity index (χ4v) is 3.82. The van der Waals surface area contributed by atoms with Gasteiger partial charge in [-0.1, -0.05) is 36.4 Å². The maximum Gasteiger partial charge on any atom is 0.276 e.